The molecule has 6 heteroatoms. The molecule has 11 aromatic rings. The molecule has 0 spiro atoms. The lowest BCUT2D eigenvalue weighted by Crippen LogP contribution is -2.02. The van der Waals surface area contributed by atoms with Gasteiger partial charge in [-0.2, -0.15) is 0 Å². The summed E-state index contributed by atoms with van der Waals surface area (Å²) in [5.74, 6) is 1.77. The van der Waals surface area contributed by atoms with E-state index in [1.807, 2.05) is 36.5 Å². The number of hydrogen-bond donors (Lipinski definition) is 0. The molecule has 0 bridgehead atoms. The zero-order valence-electron chi connectivity index (χ0n) is 30.0. The summed E-state index contributed by atoms with van der Waals surface area (Å²) < 4.78 is 8.59. The lowest BCUT2D eigenvalue weighted by molar-refractivity contribution is 0.668. The van der Waals surface area contributed by atoms with E-state index >= 15 is 0 Å². The van der Waals surface area contributed by atoms with Gasteiger partial charge >= 0.3 is 0 Å². The first-order valence-electron chi connectivity index (χ1n) is 18.6. The van der Waals surface area contributed by atoms with Crippen LogP contribution in [0.4, 0.5) is 0 Å². The lowest BCUT2D eigenvalue weighted by atomic mass is 9.95. The Bertz CT molecular complexity index is 3200. The molecule has 0 unspecified atom stereocenters. The standard InChI is InChI=1S/C50H31N5O/c1-2-12-32(13-3-1)33-24-26-34(27-25-33)48-52-49(35-14-10-15-36(30-35)55-43-21-8-6-17-38(43)39-18-7-9-22-44(39)55)54-50(53-48)41-19-5-4-16-37(41)40-20-11-23-46-47(40)42-31-51-29-28-45(42)56-46/h1-31H. The van der Waals surface area contributed by atoms with Crippen molar-refractivity contribution < 1.29 is 4.42 Å². The number of furan rings is 1. The van der Waals surface area contributed by atoms with E-state index in [0.717, 1.165) is 77.6 Å². The van der Waals surface area contributed by atoms with E-state index in [1.165, 1.54) is 10.8 Å². The molecular formula is C50H31N5O. The zero-order valence-corrected chi connectivity index (χ0v) is 30.0. The maximum Gasteiger partial charge on any atom is 0.164 e. The molecule has 56 heavy (non-hydrogen) atoms. The van der Waals surface area contributed by atoms with Crippen molar-refractivity contribution in [1.29, 1.82) is 0 Å². The van der Waals surface area contributed by atoms with Gasteiger partial charge in [0, 0.05) is 56.3 Å². The van der Waals surface area contributed by atoms with Crippen LogP contribution >= 0.6 is 0 Å². The van der Waals surface area contributed by atoms with Gasteiger partial charge in [-0.1, -0.05) is 140 Å². The van der Waals surface area contributed by atoms with Crippen molar-refractivity contribution in [2.24, 2.45) is 0 Å². The minimum atomic E-state index is 0.581. The molecule has 0 aliphatic heterocycles. The van der Waals surface area contributed by atoms with Crippen molar-refractivity contribution in [2.75, 3.05) is 0 Å². The fraction of sp³-hybridized carbons (Fsp3) is 0. The summed E-state index contributed by atoms with van der Waals surface area (Å²) in [6.45, 7) is 0. The molecule has 0 aliphatic carbocycles. The van der Waals surface area contributed by atoms with Crippen LogP contribution in [0.25, 0.3) is 106 Å². The average molecular weight is 718 g/mol. The molecular weight excluding hydrogens is 687 g/mol. The zero-order chi connectivity index (χ0) is 37.0. The molecule has 0 N–H and O–H groups in total. The van der Waals surface area contributed by atoms with Gasteiger partial charge < -0.3 is 8.98 Å². The van der Waals surface area contributed by atoms with Gasteiger partial charge in [0.05, 0.1) is 11.0 Å². The van der Waals surface area contributed by atoms with Crippen LogP contribution in [-0.4, -0.2) is 24.5 Å². The van der Waals surface area contributed by atoms with E-state index < -0.39 is 0 Å². The number of aromatic nitrogens is 5. The number of para-hydroxylation sites is 2. The molecule has 0 atom stereocenters. The van der Waals surface area contributed by atoms with Gasteiger partial charge in [0.2, 0.25) is 0 Å². The maximum absolute atomic E-state index is 6.27. The van der Waals surface area contributed by atoms with Gasteiger partial charge in [-0.3, -0.25) is 4.98 Å². The van der Waals surface area contributed by atoms with E-state index in [2.05, 4.69) is 155 Å². The number of fused-ring (bicyclic) bond motifs is 6. The van der Waals surface area contributed by atoms with E-state index in [9.17, 15) is 0 Å². The number of hydrogen-bond acceptors (Lipinski definition) is 5. The topological polar surface area (TPSA) is 69.6 Å². The van der Waals surface area contributed by atoms with Crippen LogP contribution < -0.4 is 0 Å². The molecule has 4 aromatic heterocycles. The van der Waals surface area contributed by atoms with Crippen LogP contribution in [0.1, 0.15) is 0 Å². The molecule has 11 rings (SSSR count). The SMILES string of the molecule is c1ccc(-c2ccc(-c3nc(-c4cccc(-n5c6ccccc6c6ccccc65)c4)nc(-c4ccccc4-c4cccc5oc6ccncc6c45)n3)cc2)cc1. The molecule has 0 saturated carbocycles. The molecule has 0 amide bonds. The van der Waals surface area contributed by atoms with Crippen LogP contribution in [-0.2, 0) is 0 Å². The summed E-state index contributed by atoms with van der Waals surface area (Å²) in [7, 11) is 0. The Labute approximate surface area is 322 Å². The van der Waals surface area contributed by atoms with Gasteiger partial charge in [0.1, 0.15) is 11.2 Å². The Kier molecular flexibility index (Phi) is 7.38. The Hall–Kier alpha value is -7.70. The number of pyridine rings is 1. The number of benzene rings is 7. The van der Waals surface area contributed by atoms with E-state index in [0.29, 0.717) is 17.5 Å². The minimum Gasteiger partial charge on any atom is -0.456 e. The highest BCUT2D eigenvalue weighted by Crippen LogP contribution is 2.40. The lowest BCUT2D eigenvalue weighted by Gasteiger charge is -2.14. The van der Waals surface area contributed by atoms with Crippen LogP contribution in [0.2, 0.25) is 0 Å². The molecule has 7 aromatic carbocycles. The first-order chi connectivity index (χ1) is 27.8. The normalized spacial score (nSPS) is 11.6. The summed E-state index contributed by atoms with van der Waals surface area (Å²) in [6, 6.07) is 60.8. The van der Waals surface area contributed by atoms with Crippen molar-refractivity contribution in [3.63, 3.8) is 0 Å². The first-order valence-corrected chi connectivity index (χ1v) is 18.6. The molecule has 0 aliphatic rings. The van der Waals surface area contributed by atoms with Gasteiger partial charge in [-0.25, -0.2) is 15.0 Å². The number of nitrogens with zero attached hydrogens (tertiary/aromatic N) is 5. The minimum absolute atomic E-state index is 0.581. The quantitative estimate of drug-likeness (QED) is 0.171. The third kappa shape index (κ3) is 5.27. The highest BCUT2D eigenvalue weighted by Gasteiger charge is 2.20. The van der Waals surface area contributed by atoms with Gasteiger partial charge in [-0.05, 0) is 58.7 Å². The Morgan fingerprint density at radius 2 is 0.982 bits per heavy atom. The third-order valence-electron chi connectivity index (χ3n) is 10.6. The summed E-state index contributed by atoms with van der Waals surface area (Å²) in [4.78, 5) is 20.1. The molecule has 0 saturated heterocycles. The fourth-order valence-corrected chi connectivity index (χ4v) is 7.99. The second-order valence-corrected chi connectivity index (χ2v) is 13.9. The average Bonchev–Trinajstić information content (AvgIpc) is 3.83. The molecule has 0 radical (unpaired) electrons. The third-order valence-corrected chi connectivity index (χ3v) is 10.6. The molecule has 4 heterocycles. The van der Waals surface area contributed by atoms with E-state index in [1.54, 1.807) is 6.20 Å². The second-order valence-electron chi connectivity index (χ2n) is 13.9. The van der Waals surface area contributed by atoms with Crippen molar-refractivity contribution in [1.82, 2.24) is 24.5 Å². The Morgan fingerprint density at radius 1 is 0.393 bits per heavy atom. The predicted molar refractivity (Wildman–Crippen MR) is 226 cm³/mol. The highest BCUT2D eigenvalue weighted by atomic mass is 16.3. The first kappa shape index (κ1) is 31.8. The predicted octanol–water partition coefficient (Wildman–Crippen LogP) is 12.6. The summed E-state index contributed by atoms with van der Waals surface area (Å²) in [5.41, 5.74) is 11.9. The van der Waals surface area contributed by atoms with Crippen molar-refractivity contribution in [2.45, 2.75) is 0 Å². The van der Waals surface area contributed by atoms with Crippen LogP contribution in [0, 0.1) is 0 Å². The van der Waals surface area contributed by atoms with Crippen molar-refractivity contribution in [3.05, 3.63) is 188 Å². The van der Waals surface area contributed by atoms with Crippen molar-refractivity contribution in [3.8, 4) is 62.1 Å². The maximum atomic E-state index is 6.27. The smallest absolute Gasteiger partial charge is 0.164 e. The van der Waals surface area contributed by atoms with E-state index in [4.69, 9.17) is 19.4 Å². The van der Waals surface area contributed by atoms with Crippen molar-refractivity contribution >= 4 is 43.7 Å². The van der Waals surface area contributed by atoms with Gasteiger partial charge in [-0.15, -0.1) is 0 Å². The molecule has 0 fully saturated rings. The monoisotopic (exact) mass is 717 g/mol. The second kappa shape index (κ2) is 13.0. The van der Waals surface area contributed by atoms with Crippen LogP contribution in [0.3, 0.4) is 0 Å². The van der Waals surface area contributed by atoms with Gasteiger partial charge in [0.15, 0.2) is 17.5 Å². The summed E-state index contributed by atoms with van der Waals surface area (Å²) in [6.07, 6.45) is 3.63. The summed E-state index contributed by atoms with van der Waals surface area (Å²) in [5, 5.41) is 4.40. The molecule has 262 valence electrons. The molecule has 6 nitrogen and oxygen atoms in total. The van der Waals surface area contributed by atoms with E-state index in [-0.39, 0.29) is 0 Å². The van der Waals surface area contributed by atoms with Gasteiger partial charge in [0.25, 0.3) is 0 Å². The fourth-order valence-electron chi connectivity index (χ4n) is 7.99. The Balaban J connectivity index is 1.11. The summed E-state index contributed by atoms with van der Waals surface area (Å²) >= 11 is 0. The van der Waals surface area contributed by atoms with Crippen LogP contribution in [0.15, 0.2) is 193 Å². The highest BCUT2D eigenvalue weighted by molar-refractivity contribution is 6.13. The largest absolute Gasteiger partial charge is 0.456 e. The Morgan fingerprint density at radius 3 is 1.77 bits per heavy atom. The number of rotatable bonds is 6. The van der Waals surface area contributed by atoms with Crippen LogP contribution in [0.5, 0.6) is 0 Å².